The van der Waals surface area contributed by atoms with Crippen molar-refractivity contribution < 1.29 is 9.90 Å². The van der Waals surface area contributed by atoms with E-state index in [2.05, 4.69) is 25.8 Å². The number of likely N-dealkylation sites (tertiary alicyclic amines) is 1. The van der Waals surface area contributed by atoms with Gasteiger partial charge in [-0.05, 0) is 32.2 Å². The van der Waals surface area contributed by atoms with E-state index in [1.807, 2.05) is 29.2 Å². The minimum Gasteiger partial charge on any atom is -0.379 e. The van der Waals surface area contributed by atoms with E-state index >= 15 is 0 Å². The van der Waals surface area contributed by atoms with Crippen LogP contribution in [0.3, 0.4) is 0 Å². The molecule has 5 nitrogen and oxygen atoms in total. The average Bonchev–Trinajstić information content (AvgIpc) is 2.79. The standard InChI is InChI=1S/C17H29N3O2S/c1-13-18-14(10-23-13)9-19(5)12-17(22)7-6-8-20(15(17)21)11-16(2,3)4/h10,22H,6-9,11-12H2,1-5H3/t17-/m1/s1. The van der Waals surface area contributed by atoms with Crippen LogP contribution in [-0.4, -0.2) is 58.1 Å². The Morgan fingerprint density at radius 2 is 2.17 bits per heavy atom. The topological polar surface area (TPSA) is 56.7 Å². The number of piperidine rings is 1. The molecule has 1 aromatic rings. The monoisotopic (exact) mass is 339 g/mol. The summed E-state index contributed by atoms with van der Waals surface area (Å²) >= 11 is 1.62. The Morgan fingerprint density at radius 1 is 1.48 bits per heavy atom. The van der Waals surface area contributed by atoms with Crippen LogP contribution < -0.4 is 0 Å². The first-order valence-corrected chi connectivity index (χ1v) is 9.08. The highest BCUT2D eigenvalue weighted by Gasteiger charge is 2.43. The molecule has 0 spiro atoms. The molecule has 1 saturated heterocycles. The highest BCUT2D eigenvalue weighted by atomic mass is 32.1. The molecule has 0 radical (unpaired) electrons. The van der Waals surface area contributed by atoms with Crippen molar-refractivity contribution in [1.82, 2.24) is 14.8 Å². The van der Waals surface area contributed by atoms with E-state index in [1.54, 1.807) is 11.3 Å². The molecule has 0 bridgehead atoms. The fourth-order valence-corrected chi connectivity index (χ4v) is 3.80. The van der Waals surface area contributed by atoms with Gasteiger partial charge in [-0.15, -0.1) is 11.3 Å². The van der Waals surface area contributed by atoms with Crippen LogP contribution in [0.1, 0.15) is 44.3 Å². The maximum atomic E-state index is 12.8. The molecule has 130 valence electrons. The van der Waals surface area contributed by atoms with Gasteiger partial charge in [0, 0.05) is 31.6 Å². The first-order valence-electron chi connectivity index (χ1n) is 8.20. The quantitative estimate of drug-likeness (QED) is 0.894. The molecule has 1 atom stereocenters. The molecule has 2 heterocycles. The first kappa shape index (κ1) is 18.4. The number of hydrogen-bond donors (Lipinski definition) is 1. The maximum absolute atomic E-state index is 12.8. The third-order valence-electron chi connectivity index (χ3n) is 4.00. The maximum Gasteiger partial charge on any atom is 0.255 e. The average molecular weight is 340 g/mol. The van der Waals surface area contributed by atoms with Crippen LogP contribution in [-0.2, 0) is 11.3 Å². The van der Waals surface area contributed by atoms with E-state index < -0.39 is 5.60 Å². The van der Waals surface area contributed by atoms with Crippen molar-refractivity contribution in [3.8, 4) is 0 Å². The van der Waals surface area contributed by atoms with Crippen molar-refractivity contribution >= 4 is 17.2 Å². The predicted molar refractivity (Wildman–Crippen MR) is 93.4 cm³/mol. The van der Waals surface area contributed by atoms with Crippen LogP contribution in [0.5, 0.6) is 0 Å². The van der Waals surface area contributed by atoms with Crippen LogP contribution in [0, 0.1) is 12.3 Å². The van der Waals surface area contributed by atoms with Gasteiger partial charge in [0.25, 0.3) is 5.91 Å². The Kier molecular flexibility index (Phi) is 5.48. The van der Waals surface area contributed by atoms with Gasteiger partial charge in [-0.3, -0.25) is 9.69 Å². The number of carbonyl (C=O) groups is 1. The van der Waals surface area contributed by atoms with Crippen LogP contribution >= 0.6 is 11.3 Å². The summed E-state index contributed by atoms with van der Waals surface area (Å²) in [5, 5.41) is 14.0. The summed E-state index contributed by atoms with van der Waals surface area (Å²) in [7, 11) is 1.93. The number of carbonyl (C=O) groups excluding carboxylic acids is 1. The number of aryl methyl sites for hydroxylation is 1. The van der Waals surface area contributed by atoms with E-state index in [0.29, 0.717) is 26.1 Å². The number of amides is 1. The second-order valence-electron chi connectivity index (χ2n) is 7.95. The Hall–Kier alpha value is -0.980. The van der Waals surface area contributed by atoms with Gasteiger partial charge in [0.15, 0.2) is 5.60 Å². The predicted octanol–water partition coefficient (Wildman–Crippen LogP) is 2.28. The van der Waals surface area contributed by atoms with Crippen molar-refractivity contribution in [1.29, 1.82) is 0 Å². The molecule has 0 aromatic carbocycles. The summed E-state index contributed by atoms with van der Waals surface area (Å²) in [5.74, 6) is -0.125. The van der Waals surface area contributed by atoms with E-state index in [4.69, 9.17) is 0 Å². The molecule has 6 heteroatoms. The van der Waals surface area contributed by atoms with Crippen molar-refractivity contribution in [2.45, 2.75) is 52.7 Å². The van der Waals surface area contributed by atoms with Gasteiger partial charge in [-0.25, -0.2) is 4.98 Å². The largest absolute Gasteiger partial charge is 0.379 e. The summed E-state index contributed by atoms with van der Waals surface area (Å²) in [6.45, 7) is 10.8. The lowest BCUT2D eigenvalue weighted by Gasteiger charge is -2.42. The highest BCUT2D eigenvalue weighted by molar-refractivity contribution is 7.09. The fourth-order valence-electron chi connectivity index (χ4n) is 3.20. The SMILES string of the molecule is Cc1nc(CN(C)C[C@]2(O)CCCN(CC(C)(C)C)C2=O)cs1. The number of likely N-dealkylation sites (N-methyl/N-ethyl adjacent to an activating group) is 1. The minimum atomic E-state index is -1.27. The van der Waals surface area contributed by atoms with E-state index in [-0.39, 0.29) is 11.3 Å². The summed E-state index contributed by atoms with van der Waals surface area (Å²) in [6, 6.07) is 0. The highest BCUT2D eigenvalue weighted by Crippen LogP contribution is 2.27. The molecule has 1 aliphatic rings. The van der Waals surface area contributed by atoms with Gasteiger partial charge in [0.05, 0.1) is 10.7 Å². The molecule has 0 saturated carbocycles. The Labute approximate surface area is 143 Å². The smallest absolute Gasteiger partial charge is 0.255 e. The van der Waals surface area contributed by atoms with E-state index in [9.17, 15) is 9.90 Å². The zero-order valence-electron chi connectivity index (χ0n) is 14.9. The number of nitrogens with zero attached hydrogens (tertiary/aromatic N) is 3. The number of rotatable bonds is 5. The lowest BCUT2D eigenvalue weighted by molar-refractivity contribution is -0.160. The van der Waals surface area contributed by atoms with Gasteiger partial charge in [0.1, 0.15) is 0 Å². The zero-order valence-corrected chi connectivity index (χ0v) is 15.7. The van der Waals surface area contributed by atoms with E-state index in [1.165, 1.54) is 0 Å². The lowest BCUT2D eigenvalue weighted by Crippen LogP contribution is -2.59. The molecule has 1 fully saturated rings. The van der Waals surface area contributed by atoms with Crippen LogP contribution in [0.15, 0.2) is 5.38 Å². The number of aliphatic hydroxyl groups is 1. The van der Waals surface area contributed by atoms with Gasteiger partial charge in [0.2, 0.25) is 0 Å². The van der Waals surface area contributed by atoms with Crippen molar-refractivity contribution in [2.24, 2.45) is 5.41 Å². The second-order valence-corrected chi connectivity index (χ2v) is 9.01. The summed E-state index contributed by atoms with van der Waals surface area (Å²) in [6.07, 6.45) is 1.38. The minimum absolute atomic E-state index is 0.0396. The molecule has 0 unspecified atom stereocenters. The Balaban J connectivity index is 2.00. The molecular weight excluding hydrogens is 310 g/mol. The number of aromatic nitrogens is 1. The van der Waals surface area contributed by atoms with Gasteiger partial charge in [-0.2, -0.15) is 0 Å². The van der Waals surface area contributed by atoms with Gasteiger partial charge < -0.3 is 10.0 Å². The van der Waals surface area contributed by atoms with Crippen molar-refractivity contribution in [2.75, 3.05) is 26.7 Å². The van der Waals surface area contributed by atoms with Crippen molar-refractivity contribution in [3.63, 3.8) is 0 Å². The lowest BCUT2D eigenvalue weighted by atomic mass is 9.88. The van der Waals surface area contributed by atoms with E-state index in [0.717, 1.165) is 23.7 Å². The van der Waals surface area contributed by atoms with Crippen LogP contribution in [0.2, 0.25) is 0 Å². The number of hydrogen-bond acceptors (Lipinski definition) is 5. The molecule has 0 aliphatic carbocycles. The molecule has 23 heavy (non-hydrogen) atoms. The Morgan fingerprint density at radius 3 is 2.74 bits per heavy atom. The van der Waals surface area contributed by atoms with Crippen LogP contribution in [0.25, 0.3) is 0 Å². The summed E-state index contributed by atoms with van der Waals surface area (Å²) in [4.78, 5) is 21.0. The molecule has 1 amide bonds. The summed E-state index contributed by atoms with van der Waals surface area (Å²) in [5.41, 5.74) is -0.241. The van der Waals surface area contributed by atoms with Crippen LogP contribution in [0.4, 0.5) is 0 Å². The third kappa shape index (κ3) is 4.99. The molecule has 2 rings (SSSR count). The second kappa shape index (κ2) is 6.87. The van der Waals surface area contributed by atoms with Crippen molar-refractivity contribution in [3.05, 3.63) is 16.1 Å². The Bertz CT molecular complexity index is 552. The molecule has 1 aliphatic heterocycles. The molecule has 1 aromatic heterocycles. The molecular formula is C17H29N3O2S. The summed E-state index contributed by atoms with van der Waals surface area (Å²) < 4.78 is 0. The van der Waals surface area contributed by atoms with Gasteiger partial charge in [-0.1, -0.05) is 20.8 Å². The van der Waals surface area contributed by atoms with Gasteiger partial charge >= 0.3 is 0 Å². The number of thiazole rings is 1. The first-order chi connectivity index (χ1) is 10.6. The third-order valence-corrected chi connectivity index (χ3v) is 4.82. The normalized spacial score (nSPS) is 22.9. The molecule has 1 N–H and O–H groups in total. The zero-order chi connectivity index (χ0) is 17.3. The fraction of sp³-hybridized carbons (Fsp3) is 0.765.